The van der Waals surface area contributed by atoms with Gasteiger partial charge in [0.25, 0.3) is 11.1 Å². The Balaban J connectivity index is 2.20. The second kappa shape index (κ2) is 4.82. The number of nitrogens with two attached hydrogens (primary N) is 1. The number of thiophene rings is 1. The van der Waals surface area contributed by atoms with E-state index in [1.807, 2.05) is 17.5 Å². The third-order valence-corrected chi connectivity index (χ3v) is 3.77. The molecule has 1 aromatic heterocycles. The highest BCUT2D eigenvalue weighted by Gasteiger charge is 2.34. The van der Waals surface area contributed by atoms with Crippen LogP contribution in [0.1, 0.15) is 4.88 Å². The highest BCUT2D eigenvalue weighted by molar-refractivity contribution is 8.18. The molecular weight excluding hydrogens is 244 g/mol. The van der Waals surface area contributed by atoms with Gasteiger partial charge in [-0.1, -0.05) is 6.07 Å². The van der Waals surface area contributed by atoms with Crippen LogP contribution in [0.15, 0.2) is 22.4 Å². The summed E-state index contributed by atoms with van der Waals surface area (Å²) in [6.07, 6.45) is 1.74. The van der Waals surface area contributed by atoms with Crippen LogP contribution in [-0.4, -0.2) is 29.1 Å². The summed E-state index contributed by atoms with van der Waals surface area (Å²) in [5.74, 6) is -0.242. The Hall–Kier alpha value is -1.11. The Morgan fingerprint density at radius 1 is 1.44 bits per heavy atom. The van der Waals surface area contributed by atoms with Crippen LogP contribution in [0.4, 0.5) is 4.79 Å². The lowest BCUT2D eigenvalue weighted by Crippen LogP contribution is -2.33. The Labute approximate surface area is 101 Å². The molecule has 2 N–H and O–H groups in total. The molecule has 1 aliphatic rings. The van der Waals surface area contributed by atoms with Crippen LogP contribution in [0, 0.1) is 0 Å². The van der Waals surface area contributed by atoms with E-state index in [0.717, 1.165) is 16.6 Å². The van der Waals surface area contributed by atoms with Crippen LogP contribution in [0.3, 0.4) is 0 Å². The van der Waals surface area contributed by atoms with Crippen molar-refractivity contribution < 1.29 is 9.59 Å². The maximum absolute atomic E-state index is 11.8. The van der Waals surface area contributed by atoms with E-state index in [2.05, 4.69) is 0 Å². The zero-order valence-electron chi connectivity index (χ0n) is 8.38. The summed E-state index contributed by atoms with van der Waals surface area (Å²) in [7, 11) is 0. The summed E-state index contributed by atoms with van der Waals surface area (Å²) in [4.78, 5) is 25.9. The summed E-state index contributed by atoms with van der Waals surface area (Å²) < 4.78 is 0. The van der Waals surface area contributed by atoms with Gasteiger partial charge in [-0.2, -0.15) is 0 Å². The molecule has 0 bridgehead atoms. The molecule has 84 valence electrons. The number of carbonyl (C=O) groups excluding carboxylic acids is 2. The maximum atomic E-state index is 11.8. The molecule has 2 amide bonds. The lowest BCUT2D eigenvalue weighted by Gasteiger charge is -2.09. The molecule has 0 atom stereocenters. The fraction of sp³-hybridized carbons (Fsp3) is 0.200. The van der Waals surface area contributed by atoms with Gasteiger partial charge in [0, 0.05) is 18.0 Å². The molecule has 0 unspecified atom stereocenters. The zero-order chi connectivity index (χ0) is 11.5. The molecular formula is C10H10N2O2S2. The number of carbonyl (C=O) groups is 2. The largest absolute Gasteiger partial charge is 0.329 e. The smallest absolute Gasteiger partial charge is 0.293 e. The van der Waals surface area contributed by atoms with Gasteiger partial charge >= 0.3 is 0 Å². The molecule has 1 aliphatic heterocycles. The number of hydrogen-bond donors (Lipinski definition) is 1. The lowest BCUT2D eigenvalue weighted by atomic mass is 10.3. The molecule has 0 radical (unpaired) electrons. The van der Waals surface area contributed by atoms with Gasteiger partial charge in [0.2, 0.25) is 0 Å². The predicted molar refractivity (Wildman–Crippen MR) is 66.1 cm³/mol. The monoisotopic (exact) mass is 254 g/mol. The van der Waals surface area contributed by atoms with Crippen molar-refractivity contribution >= 4 is 40.3 Å². The number of thioether (sulfide) groups is 1. The molecule has 1 aromatic rings. The van der Waals surface area contributed by atoms with Gasteiger partial charge in [0.05, 0.1) is 4.91 Å². The molecule has 2 rings (SSSR count). The van der Waals surface area contributed by atoms with E-state index in [1.165, 1.54) is 16.2 Å². The molecule has 0 spiro atoms. The third-order valence-electron chi connectivity index (χ3n) is 2.04. The summed E-state index contributed by atoms with van der Waals surface area (Å²) >= 11 is 2.50. The van der Waals surface area contributed by atoms with Crippen molar-refractivity contribution in [1.29, 1.82) is 0 Å². The van der Waals surface area contributed by atoms with E-state index in [9.17, 15) is 9.59 Å². The van der Waals surface area contributed by atoms with Crippen molar-refractivity contribution in [3.8, 4) is 0 Å². The predicted octanol–water partition coefficient (Wildman–Crippen LogP) is 1.74. The summed E-state index contributed by atoms with van der Waals surface area (Å²) in [6, 6.07) is 3.81. The van der Waals surface area contributed by atoms with Crippen molar-refractivity contribution in [2.45, 2.75) is 0 Å². The van der Waals surface area contributed by atoms with Gasteiger partial charge in [-0.25, -0.2) is 0 Å². The number of nitrogens with zero attached hydrogens (tertiary/aromatic N) is 1. The SMILES string of the molecule is NCCN1C(=O)SC(=Cc2cccs2)C1=O. The van der Waals surface area contributed by atoms with Crippen molar-refractivity contribution in [2.75, 3.05) is 13.1 Å². The molecule has 6 heteroatoms. The summed E-state index contributed by atoms with van der Waals surface area (Å²) in [5, 5.41) is 1.69. The topological polar surface area (TPSA) is 63.4 Å². The maximum Gasteiger partial charge on any atom is 0.293 e. The number of imide groups is 1. The van der Waals surface area contributed by atoms with Gasteiger partial charge in [0.15, 0.2) is 0 Å². The highest BCUT2D eigenvalue weighted by Crippen LogP contribution is 2.32. The number of hydrogen-bond acceptors (Lipinski definition) is 5. The fourth-order valence-electron chi connectivity index (χ4n) is 1.32. The molecule has 16 heavy (non-hydrogen) atoms. The van der Waals surface area contributed by atoms with Gasteiger partial charge in [-0.05, 0) is 29.3 Å². The first-order chi connectivity index (χ1) is 7.72. The van der Waals surface area contributed by atoms with Crippen molar-refractivity contribution in [2.24, 2.45) is 5.73 Å². The molecule has 1 saturated heterocycles. The molecule has 0 saturated carbocycles. The average Bonchev–Trinajstić information content (AvgIpc) is 2.84. The van der Waals surface area contributed by atoms with Gasteiger partial charge in [0.1, 0.15) is 0 Å². The van der Waals surface area contributed by atoms with Crippen molar-refractivity contribution in [3.05, 3.63) is 27.3 Å². The minimum absolute atomic E-state index is 0.238. The first-order valence-corrected chi connectivity index (χ1v) is 6.41. The quantitative estimate of drug-likeness (QED) is 0.835. The van der Waals surface area contributed by atoms with E-state index in [4.69, 9.17) is 5.73 Å². The third kappa shape index (κ3) is 2.18. The Morgan fingerprint density at radius 3 is 2.88 bits per heavy atom. The molecule has 0 aliphatic carbocycles. The molecule has 0 aromatic carbocycles. The highest BCUT2D eigenvalue weighted by atomic mass is 32.2. The molecule has 2 heterocycles. The number of rotatable bonds is 3. The zero-order valence-corrected chi connectivity index (χ0v) is 10.0. The first-order valence-electron chi connectivity index (χ1n) is 4.71. The van der Waals surface area contributed by atoms with E-state index < -0.39 is 0 Å². The van der Waals surface area contributed by atoms with Gasteiger partial charge in [-0.3, -0.25) is 14.5 Å². The van der Waals surface area contributed by atoms with E-state index in [0.29, 0.717) is 11.4 Å². The van der Waals surface area contributed by atoms with Crippen LogP contribution in [0.25, 0.3) is 6.08 Å². The Bertz CT molecular complexity index is 440. The van der Waals surface area contributed by atoms with Crippen LogP contribution >= 0.6 is 23.1 Å². The lowest BCUT2D eigenvalue weighted by molar-refractivity contribution is -0.122. The second-order valence-corrected chi connectivity index (χ2v) is 5.11. The second-order valence-electron chi connectivity index (χ2n) is 3.14. The van der Waals surface area contributed by atoms with Crippen molar-refractivity contribution in [3.63, 3.8) is 0 Å². The summed E-state index contributed by atoms with van der Waals surface area (Å²) in [5.41, 5.74) is 5.34. The van der Waals surface area contributed by atoms with Crippen LogP contribution < -0.4 is 5.73 Å². The minimum atomic E-state index is -0.242. The van der Waals surface area contributed by atoms with E-state index in [-0.39, 0.29) is 17.7 Å². The normalized spacial score (nSPS) is 18.8. The minimum Gasteiger partial charge on any atom is -0.329 e. The van der Waals surface area contributed by atoms with Crippen molar-refractivity contribution in [1.82, 2.24) is 4.90 Å². The Kier molecular flexibility index (Phi) is 3.42. The summed E-state index contributed by atoms with van der Waals surface area (Å²) in [6.45, 7) is 0.580. The van der Waals surface area contributed by atoms with Crippen LogP contribution in [-0.2, 0) is 4.79 Å². The average molecular weight is 254 g/mol. The first kappa shape index (κ1) is 11.4. The number of amides is 2. The fourth-order valence-corrected chi connectivity index (χ4v) is 2.91. The van der Waals surface area contributed by atoms with Crippen LogP contribution in [0.5, 0.6) is 0 Å². The van der Waals surface area contributed by atoms with Gasteiger partial charge < -0.3 is 5.73 Å². The van der Waals surface area contributed by atoms with Gasteiger partial charge in [-0.15, -0.1) is 11.3 Å². The standard InChI is InChI=1S/C10H10N2O2S2/c11-3-4-12-9(13)8(16-10(12)14)6-7-2-1-5-15-7/h1-2,5-6H,3-4,11H2. The van der Waals surface area contributed by atoms with E-state index in [1.54, 1.807) is 6.08 Å². The Morgan fingerprint density at radius 2 is 2.25 bits per heavy atom. The molecule has 1 fully saturated rings. The van der Waals surface area contributed by atoms with Crippen LogP contribution in [0.2, 0.25) is 0 Å². The van der Waals surface area contributed by atoms with E-state index >= 15 is 0 Å². The molecule has 4 nitrogen and oxygen atoms in total.